The molecule has 2 rings (SSSR count). The molecule has 0 saturated heterocycles. The van der Waals surface area contributed by atoms with E-state index < -0.39 is 10.1 Å². The smallest absolute Gasteiger partial charge is 0.339 e. The quantitative estimate of drug-likeness (QED) is 0.549. The van der Waals surface area contributed by atoms with Gasteiger partial charge in [0.2, 0.25) is 0 Å². The summed E-state index contributed by atoms with van der Waals surface area (Å²) in [6, 6.07) is 12.7. The molecule has 0 spiro atoms. The summed E-state index contributed by atoms with van der Waals surface area (Å²) in [5.74, 6) is -0.117. The largest absolute Gasteiger partial charge is 0.463 e. The average Bonchev–Trinajstić information content (AvgIpc) is 2.56. The molecule has 0 aliphatic heterocycles. The third-order valence-electron chi connectivity index (χ3n) is 3.73. The molecule has 0 radical (unpaired) electrons. The number of benzene rings is 2. The molecular weight excluding hydrogens is 366 g/mol. The number of carbonyl (C=O) groups is 1. The highest BCUT2D eigenvalue weighted by molar-refractivity contribution is 7.87. The Kier molecular flexibility index (Phi) is 6.98. The predicted molar refractivity (Wildman–Crippen MR) is 103 cm³/mol. The Morgan fingerprint density at radius 3 is 2.19 bits per heavy atom. The standard InChI is InChI=1S/C20H25NO5S/c1-14(2)25-20(22)13-17(21)12-16-6-8-18(9-7-16)26-27(23,24)19-10-4-15(3)5-11-19/h4-11,14,17H,12-13,21H2,1-3H3. The topological polar surface area (TPSA) is 95.7 Å². The molecule has 0 aliphatic rings. The zero-order valence-electron chi connectivity index (χ0n) is 15.7. The SMILES string of the molecule is Cc1ccc(S(=O)(=O)Oc2ccc(CC(N)CC(=O)OC(C)C)cc2)cc1. The fraction of sp³-hybridized carbons (Fsp3) is 0.350. The predicted octanol–water partition coefficient (Wildman–Crippen LogP) is 2.97. The van der Waals surface area contributed by atoms with E-state index in [2.05, 4.69) is 0 Å². The summed E-state index contributed by atoms with van der Waals surface area (Å²) < 4.78 is 34.8. The van der Waals surface area contributed by atoms with E-state index in [0.717, 1.165) is 11.1 Å². The highest BCUT2D eigenvalue weighted by atomic mass is 32.2. The van der Waals surface area contributed by atoms with Gasteiger partial charge in [-0.15, -0.1) is 0 Å². The number of hydrogen-bond donors (Lipinski definition) is 1. The molecule has 0 heterocycles. The van der Waals surface area contributed by atoms with Crippen molar-refractivity contribution in [2.24, 2.45) is 5.73 Å². The van der Waals surface area contributed by atoms with Crippen LogP contribution in [0.15, 0.2) is 53.4 Å². The second kappa shape index (κ2) is 9.01. The van der Waals surface area contributed by atoms with Gasteiger partial charge in [-0.2, -0.15) is 8.42 Å². The van der Waals surface area contributed by atoms with E-state index in [-0.39, 0.29) is 35.2 Å². The van der Waals surface area contributed by atoms with Crippen molar-refractivity contribution in [3.05, 3.63) is 59.7 Å². The van der Waals surface area contributed by atoms with Crippen molar-refractivity contribution < 1.29 is 22.1 Å². The summed E-state index contributed by atoms with van der Waals surface area (Å²) >= 11 is 0. The van der Waals surface area contributed by atoms with E-state index in [1.54, 1.807) is 50.2 Å². The lowest BCUT2D eigenvalue weighted by Gasteiger charge is -2.13. The van der Waals surface area contributed by atoms with Crippen molar-refractivity contribution in [2.45, 2.75) is 50.7 Å². The van der Waals surface area contributed by atoms with E-state index in [1.807, 2.05) is 6.92 Å². The fourth-order valence-electron chi connectivity index (χ4n) is 2.46. The van der Waals surface area contributed by atoms with Crippen molar-refractivity contribution >= 4 is 16.1 Å². The Labute approximate surface area is 160 Å². The van der Waals surface area contributed by atoms with Crippen molar-refractivity contribution in [1.29, 1.82) is 0 Å². The van der Waals surface area contributed by atoms with Gasteiger partial charge in [0.05, 0.1) is 12.5 Å². The van der Waals surface area contributed by atoms with Crippen LogP contribution < -0.4 is 9.92 Å². The van der Waals surface area contributed by atoms with E-state index in [1.165, 1.54) is 12.1 Å². The van der Waals surface area contributed by atoms with Gasteiger partial charge >= 0.3 is 16.1 Å². The molecule has 27 heavy (non-hydrogen) atoms. The Bertz CT molecular complexity index is 858. The first-order chi connectivity index (χ1) is 12.7. The lowest BCUT2D eigenvalue weighted by molar-refractivity contribution is -0.147. The molecule has 146 valence electrons. The number of nitrogens with two attached hydrogens (primary N) is 1. The third kappa shape index (κ3) is 6.69. The Morgan fingerprint density at radius 1 is 1.04 bits per heavy atom. The maximum atomic E-state index is 12.3. The maximum absolute atomic E-state index is 12.3. The number of hydrogen-bond acceptors (Lipinski definition) is 6. The second-order valence-corrected chi connectivity index (χ2v) is 8.25. The zero-order valence-corrected chi connectivity index (χ0v) is 16.5. The first-order valence-electron chi connectivity index (χ1n) is 8.71. The highest BCUT2D eigenvalue weighted by Crippen LogP contribution is 2.20. The van der Waals surface area contributed by atoms with Gasteiger partial charge in [0.25, 0.3) is 0 Å². The molecule has 6 nitrogen and oxygen atoms in total. The summed E-state index contributed by atoms with van der Waals surface area (Å²) in [5.41, 5.74) is 7.82. The lowest BCUT2D eigenvalue weighted by atomic mass is 10.0. The van der Waals surface area contributed by atoms with Crippen molar-refractivity contribution in [2.75, 3.05) is 0 Å². The first-order valence-corrected chi connectivity index (χ1v) is 10.1. The van der Waals surface area contributed by atoms with Gasteiger partial charge in [0.1, 0.15) is 10.6 Å². The fourth-order valence-corrected chi connectivity index (χ4v) is 3.39. The molecule has 0 bridgehead atoms. The Morgan fingerprint density at radius 2 is 1.63 bits per heavy atom. The molecule has 7 heteroatoms. The lowest BCUT2D eigenvalue weighted by Crippen LogP contribution is -2.28. The van der Waals surface area contributed by atoms with Gasteiger partial charge in [0.15, 0.2) is 0 Å². The van der Waals surface area contributed by atoms with Gasteiger partial charge in [0, 0.05) is 6.04 Å². The molecule has 2 aromatic rings. The van der Waals surface area contributed by atoms with Crippen LogP contribution in [-0.2, 0) is 26.1 Å². The van der Waals surface area contributed by atoms with Gasteiger partial charge in [-0.25, -0.2) is 0 Å². The van der Waals surface area contributed by atoms with Crippen LogP contribution in [0.25, 0.3) is 0 Å². The summed E-state index contributed by atoms with van der Waals surface area (Å²) in [4.78, 5) is 11.7. The molecule has 0 aromatic heterocycles. The molecule has 0 aliphatic carbocycles. The number of esters is 1. The monoisotopic (exact) mass is 391 g/mol. The first kappa shape index (κ1) is 20.9. The third-order valence-corrected chi connectivity index (χ3v) is 4.99. The van der Waals surface area contributed by atoms with Crippen LogP contribution in [0.3, 0.4) is 0 Å². The molecule has 2 N–H and O–H groups in total. The minimum Gasteiger partial charge on any atom is -0.463 e. The van der Waals surface area contributed by atoms with Crippen molar-refractivity contribution in [1.82, 2.24) is 0 Å². The number of ether oxygens (including phenoxy) is 1. The Balaban J connectivity index is 1.96. The van der Waals surface area contributed by atoms with Crippen LogP contribution in [0.4, 0.5) is 0 Å². The van der Waals surface area contributed by atoms with Gasteiger partial charge in [-0.3, -0.25) is 4.79 Å². The minimum atomic E-state index is -3.88. The Hall–Kier alpha value is -2.38. The summed E-state index contributed by atoms with van der Waals surface area (Å²) in [5, 5.41) is 0. The van der Waals surface area contributed by atoms with Crippen molar-refractivity contribution in [3.63, 3.8) is 0 Å². The van der Waals surface area contributed by atoms with Crippen LogP contribution >= 0.6 is 0 Å². The number of carbonyl (C=O) groups excluding carboxylic acids is 1. The number of aryl methyl sites for hydroxylation is 1. The minimum absolute atomic E-state index is 0.0999. The second-order valence-electron chi connectivity index (χ2n) is 6.70. The molecule has 0 saturated carbocycles. The maximum Gasteiger partial charge on any atom is 0.339 e. The average molecular weight is 391 g/mol. The summed E-state index contributed by atoms with van der Waals surface area (Å²) in [7, 11) is -3.88. The van der Waals surface area contributed by atoms with Gasteiger partial charge < -0.3 is 14.7 Å². The van der Waals surface area contributed by atoms with Crippen LogP contribution in [0.1, 0.15) is 31.4 Å². The molecule has 0 fully saturated rings. The van der Waals surface area contributed by atoms with Crippen LogP contribution in [0, 0.1) is 6.92 Å². The molecular formula is C20H25NO5S. The zero-order chi connectivity index (χ0) is 20.0. The van der Waals surface area contributed by atoms with Crippen LogP contribution in [0.5, 0.6) is 5.75 Å². The summed E-state index contributed by atoms with van der Waals surface area (Å²) in [6.45, 7) is 5.45. The van der Waals surface area contributed by atoms with Gasteiger partial charge in [-0.05, 0) is 57.0 Å². The van der Waals surface area contributed by atoms with Gasteiger partial charge in [-0.1, -0.05) is 29.8 Å². The summed E-state index contributed by atoms with van der Waals surface area (Å²) in [6.07, 6.45) is 0.424. The number of rotatable bonds is 8. The van der Waals surface area contributed by atoms with Crippen molar-refractivity contribution in [3.8, 4) is 5.75 Å². The molecule has 2 aromatic carbocycles. The van der Waals surface area contributed by atoms with E-state index in [9.17, 15) is 13.2 Å². The molecule has 0 amide bonds. The highest BCUT2D eigenvalue weighted by Gasteiger charge is 2.17. The molecule has 1 unspecified atom stereocenters. The van der Waals surface area contributed by atoms with E-state index >= 15 is 0 Å². The normalized spacial score (nSPS) is 12.6. The van der Waals surface area contributed by atoms with E-state index in [0.29, 0.717) is 6.42 Å². The van der Waals surface area contributed by atoms with Crippen LogP contribution in [0.2, 0.25) is 0 Å². The van der Waals surface area contributed by atoms with E-state index in [4.69, 9.17) is 14.7 Å². The van der Waals surface area contributed by atoms with Crippen LogP contribution in [-0.4, -0.2) is 26.5 Å². The molecule has 1 atom stereocenters.